The molecule has 0 saturated heterocycles. The summed E-state index contributed by atoms with van der Waals surface area (Å²) >= 11 is 0. The third-order valence-electron chi connectivity index (χ3n) is 2.22. The van der Waals surface area contributed by atoms with E-state index >= 15 is 0 Å². The zero-order chi connectivity index (χ0) is 7.82. The highest BCUT2D eigenvalue weighted by Gasteiger charge is 2.00. The summed E-state index contributed by atoms with van der Waals surface area (Å²) in [5.41, 5.74) is 0. The van der Waals surface area contributed by atoms with Gasteiger partial charge in [-0.05, 0) is 18.5 Å². The summed E-state index contributed by atoms with van der Waals surface area (Å²) in [7, 11) is 2.79. The second kappa shape index (κ2) is 7.54. The molecule has 0 radical (unpaired) electrons. The number of unbranched alkanes of at least 4 members (excludes halogenated alkanes) is 1. The Balaban J connectivity index is 3.09. The molecule has 0 spiro atoms. The lowest BCUT2D eigenvalue weighted by atomic mass is 9.97. The summed E-state index contributed by atoms with van der Waals surface area (Å²) in [5, 5.41) is 0. The van der Waals surface area contributed by atoms with Gasteiger partial charge in [0.25, 0.3) is 0 Å². The summed E-state index contributed by atoms with van der Waals surface area (Å²) in [5.74, 6) is 0.997. The highest BCUT2D eigenvalue weighted by molar-refractivity contribution is 7.16. The quantitative estimate of drug-likeness (QED) is 0.412. The van der Waals surface area contributed by atoms with Crippen LogP contribution in [0.2, 0.25) is 0 Å². The lowest BCUT2D eigenvalue weighted by Crippen LogP contribution is -1.96. The van der Waals surface area contributed by atoms with E-state index in [9.17, 15) is 0 Å². The van der Waals surface area contributed by atoms with Crippen LogP contribution in [0.4, 0.5) is 0 Å². The fourth-order valence-electron chi connectivity index (χ4n) is 1.27. The molecule has 0 aromatic heterocycles. The average molecular weight is 160 g/mol. The molecule has 10 heavy (non-hydrogen) atoms. The molecule has 0 fully saturated rings. The van der Waals surface area contributed by atoms with Gasteiger partial charge in [0.2, 0.25) is 0 Å². The second-order valence-electron chi connectivity index (χ2n) is 2.97. The lowest BCUT2D eigenvalue weighted by molar-refractivity contribution is 0.439. The van der Waals surface area contributed by atoms with Crippen molar-refractivity contribution in [1.82, 2.24) is 0 Å². The van der Waals surface area contributed by atoms with E-state index in [-0.39, 0.29) is 0 Å². The van der Waals surface area contributed by atoms with Crippen molar-refractivity contribution in [2.75, 3.05) is 6.16 Å². The Labute approximate surface area is 68.0 Å². The number of rotatable bonds is 6. The molecule has 0 aliphatic carbocycles. The molecule has 0 amide bonds. The van der Waals surface area contributed by atoms with Gasteiger partial charge in [-0.2, -0.15) is 0 Å². The third-order valence-corrected chi connectivity index (χ3v) is 2.63. The van der Waals surface area contributed by atoms with Crippen molar-refractivity contribution in [3.63, 3.8) is 0 Å². The van der Waals surface area contributed by atoms with Gasteiger partial charge in [-0.15, -0.1) is 9.24 Å². The van der Waals surface area contributed by atoms with E-state index in [0.717, 1.165) is 5.92 Å². The average Bonchev–Trinajstić information content (AvgIpc) is 1.99. The normalized spacial score (nSPS) is 10.8. The molecule has 0 bridgehead atoms. The smallest absolute Gasteiger partial charge is 0.0381 e. The largest absolute Gasteiger partial charge is 0.138 e. The van der Waals surface area contributed by atoms with Gasteiger partial charge >= 0.3 is 0 Å². The molecule has 0 heterocycles. The Kier molecular flexibility index (Phi) is 7.86. The van der Waals surface area contributed by atoms with Gasteiger partial charge in [0.1, 0.15) is 0 Å². The van der Waals surface area contributed by atoms with Crippen LogP contribution in [0.1, 0.15) is 46.0 Å². The van der Waals surface area contributed by atoms with E-state index in [1.165, 1.54) is 38.3 Å². The number of hydrogen-bond acceptors (Lipinski definition) is 0. The highest BCUT2D eigenvalue weighted by atomic mass is 31.0. The summed E-state index contributed by atoms with van der Waals surface area (Å²) in [6.45, 7) is 4.60. The minimum atomic E-state index is 0.997. The zero-order valence-corrected chi connectivity index (χ0v) is 8.55. The fourth-order valence-corrected chi connectivity index (χ4v) is 1.56. The predicted octanol–water partition coefficient (Wildman–Crippen LogP) is 3.47. The molecule has 0 saturated carbocycles. The Morgan fingerprint density at radius 2 is 1.70 bits per heavy atom. The van der Waals surface area contributed by atoms with Gasteiger partial charge in [0.15, 0.2) is 0 Å². The molecule has 0 aliphatic heterocycles. The zero-order valence-electron chi connectivity index (χ0n) is 7.40. The van der Waals surface area contributed by atoms with Crippen molar-refractivity contribution in [2.24, 2.45) is 5.92 Å². The molecular weight excluding hydrogens is 139 g/mol. The summed E-state index contributed by atoms with van der Waals surface area (Å²) in [4.78, 5) is 0. The Hall–Kier alpha value is 0.430. The van der Waals surface area contributed by atoms with Crippen molar-refractivity contribution < 1.29 is 0 Å². The van der Waals surface area contributed by atoms with E-state index in [1.54, 1.807) is 0 Å². The molecule has 0 N–H and O–H groups in total. The van der Waals surface area contributed by atoms with Crippen LogP contribution >= 0.6 is 9.24 Å². The predicted molar refractivity (Wildman–Crippen MR) is 52.5 cm³/mol. The maximum atomic E-state index is 2.79. The lowest BCUT2D eigenvalue weighted by Gasteiger charge is -2.10. The first-order valence-electron chi connectivity index (χ1n) is 4.55. The van der Waals surface area contributed by atoms with E-state index in [1.807, 2.05) is 0 Å². The van der Waals surface area contributed by atoms with Crippen LogP contribution in [0.25, 0.3) is 0 Å². The van der Waals surface area contributed by atoms with Gasteiger partial charge < -0.3 is 0 Å². The Bertz CT molecular complexity index is 57.7. The first-order chi connectivity index (χ1) is 4.85. The van der Waals surface area contributed by atoms with Gasteiger partial charge in [0.05, 0.1) is 0 Å². The monoisotopic (exact) mass is 160 g/mol. The molecule has 1 atom stereocenters. The molecule has 62 valence electrons. The van der Waals surface area contributed by atoms with Crippen LogP contribution in [0.15, 0.2) is 0 Å². The van der Waals surface area contributed by atoms with Gasteiger partial charge in [-0.1, -0.05) is 39.5 Å². The van der Waals surface area contributed by atoms with Crippen LogP contribution < -0.4 is 0 Å². The van der Waals surface area contributed by atoms with Gasteiger partial charge in [-0.3, -0.25) is 0 Å². The topological polar surface area (TPSA) is 0 Å². The van der Waals surface area contributed by atoms with E-state index in [2.05, 4.69) is 23.1 Å². The summed E-state index contributed by atoms with van der Waals surface area (Å²) in [6.07, 6.45) is 8.28. The molecule has 0 nitrogen and oxygen atoms in total. The van der Waals surface area contributed by atoms with E-state index in [4.69, 9.17) is 0 Å². The molecule has 1 unspecified atom stereocenters. The SMILES string of the molecule is CCC(CC)CCCCP. The fraction of sp³-hybridized carbons (Fsp3) is 1.00. The third kappa shape index (κ3) is 5.23. The van der Waals surface area contributed by atoms with Crippen LogP contribution in [-0.2, 0) is 0 Å². The second-order valence-corrected chi connectivity index (χ2v) is 3.54. The standard InChI is InChI=1S/C9H21P/c1-3-9(4-2)7-5-6-8-10/h9H,3-8,10H2,1-2H3. The summed E-state index contributed by atoms with van der Waals surface area (Å²) < 4.78 is 0. The first-order valence-corrected chi connectivity index (χ1v) is 5.36. The minimum Gasteiger partial charge on any atom is -0.138 e. The van der Waals surface area contributed by atoms with Crippen molar-refractivity contribution >= 4 is 9.24 Å². The van der Waals surface area contributed by atoms with Crippen LogP contribution in [0, 0.1) is 5.92 Å². The van der Waals surface area contributed by atoms with E-state index in [0.29, 0.717) is 0 Å². The molecule has 0 rings (SSSR count). The molecule has 1 heteroatoms. The van der Waals surface area contributed by atoms with Crippen LogP contribution in [-0.4, -0.2) is 6.16 Å². The van der Waals surface area contributed by atoms with Crippen molar-refractivity contribution in [3.8, 4) is 0 Å². The van der Waals surface area contributed by atoms with Gasteiger partial charge in [-0.25, -0.2) is 0 Å². The molecule has 0 aliphatic rings. The van der Waals surface area contributed by atoms with E-state index < -0.39 is 0 Å². The van der Waals surface area contributed by atoms with Crippen molar-refractivity contribution in [3.05, 3.63) is 0 Å². The Morgan fingerprint density at radius 3 is 2.10 bits per heavy atom. The maximum Gasteiger partial charge on any atom is -0.0381 e. The summed E-state index contributed by atoms with van der Waals surface area (Å²) in [6, 6.07) is 0. The Morgan fingerprint density at radius 1 is 1.10 bits per heavy atom. The highest BCUT2D eigenvalue weighted by Crippen LogP contribution is 2.15. The molecule has 0 aromatic rings. The number of hydrogen-bond donors (Lipinski definition) is 0. The molecule has 0 aromatic carbocycles. The van der Waals surface area contributed by atoms with Gasteiger partial charge in [0, 0.05) is 0 Å². The van der Waals surface area contributed by atoms with Crippen LogP contribution in [0.3, 0.4) is 0 Å². The van der Waals surface area contributed by atoms with Crippen molar-refractivity contribution in [2.45, 2.75) is 46.0 Å². The minimum absolute atomic E-state index is 0.997. The maximum absolute atomic E-state index is 2.79. The molecular formula is C9H21P. The van der Waals surface area contributed by atoms with Crippen molar-refractivity contribution in [1.29, 1.82) is 0 Å². The first kappa shape index (κ1) is 10.4. The van der Waals surface area contributed by atoms with Crippen LogP contribution in [0.5, 0.6) is 0 Å².